The fourth-order valence-electron chi connectivity index (χ4n) is 2.70. The van der Waals surface area contributed by atoms with Crippen molar-refractivity contribution in [2.75, 3.05) is 11.9 Å². The van der Waals surface area contributed by atoms with Gasteiger partial charge in [0.2, 0.25) is 0 Å². The quantitative estimate of drug-likeness (QED) is 0.738. The summed E-state index contributed by atoms with van der Waals surface area (Å²) in [6.07, 6.45) is 1.06. The Bertz CT molecular complexity index is 445. The van der Waals surface area contributed by atoms with Crippen LogP contribution in [0.5, 0.6) is 5.75 Å². The van der Waals surface area contributed by atoms with E-state index in [1.807, 2.05) is 6.07 Å². The Morgan fingerprint density at radius 3 is 2.75 bits per heavy atom. The number of unbranched alkanes of at least 4 members (excludes halogenated alkanes) is 3. The first-order chi connectivity index (χ1) is 9.51. The lowest BCUT2D eigenvalue weighted by Crippen LogP contribution is -2.17. The summed E-state index contributed by atoms with van der Waals surface area (Å²) < 4.78 is 41.1. The summed E-state index contributed by atoms with van der Waals surface area (Å²) in [5.74, 6) is 0.171. The molecule has 0 radical (unpaired) electrons. The average molecular weight is 287 g/mol. The van der Waals surface area contributed by atoms with Crippen LogP contribution < -0.4 is 10.1 Å². The minimum absolute atomic E-state index is 0.119. The highest BCUT2D eigenvalue weighted by Crippen LogP contribution is 2.42. The number of halogens is 3. The summed E-state index contributed by atoms with van der Waals surface area (Å²) in [6, 6.07) is 4.88. The van der Waals surface area contributed by atoms with E-state index < -0.39 is 6.36 Å². The Hall–Kier alpha value is -1.39. The second-order valence-electron chi connectivity index (χ2n) is 5.20. The zero-order chi connectivity index (χ0) is 14.6. The molecule has 0 amide bonds. The van der Waals surface area contributed by atoms with E-state index in [1.165, 1.54) is 25.3 Å². The molecule has 0 aromatic heterocycles. The van der Waals surface area contributed by atoms with E-state index in [-0.39, 0.29) is 5.75 Å². The first-order valence-corrected chi connectivity index (χ1v) is 7.14. The Kier molecular flexibility index (Phi) is 4.78. The average Bonchev–Trinajstić information content (AvgIpc) is 2.77. The van der Waals surface area contributed by atoms with E-state index in [0.29, 0.717) is 18.2 Å². The largest absolute Gasteiger partial charge is 0.573 e. The van der Waals surface area contributed by atoms with Crippen molar-refractivity contribution < 1.29 is 17.9 Å². The van der Waals surface area contributed by atoms with Crippen LogP contribution in [0.2, 0.25) is 0 Å². The first-order valence-electron chi connectivity index (χ1n) is 7.14. The Labute approximate surface area is 117 Å². The molecule has 0 fully saturated rings. The van der Waals surface area contributed by atoms with E-state index in [9.17, 15) is 13.2 Å². The molecule has 1 aliphatic rings. The van der Waals surface area contributed by atoms with Crippen LogP contribution in [0.15, 0.2) is 18.2 Å². The van der Waals surface area contributed by atoms with Gasteiger partial charge in [-0.05, 0) is 18.1 Å². The van der Waals surface area contributed by atoms with E-state index in [4.69, 9.17) is 0 Å². The molecular weight excluding hydrogens is 267 g/mol. The Morgan fingerprint density at radius 1 is 1.25 bits per heavy atom. The van der Waals surface area contributed by atoms with Crippen molar-refractivity contribution >= 4 is 5.69 Å². The van der Waals surface area contributed by atoms with Gasteiger partial charge in [-0.15, -0.1) is 13.2 Å². The van der Waals surface area contributed by atoms with Crippen LogP contribution in [0.25, 0.3) is 0 Å². The Balaban J connectivity index is 2.03. The second-order valence-corrected chi connectivity index (χ2v) is 5.20. The monoisotopic (exact) mass is 287 g/mol. The summed E-state index contributed by atoms with van der Waals surface area (Å²) in [4.78, 5) is 0. The van der Waals surface area contributed by atoms with Crippen molar-refractivity contribution in [3.8, 4) is 5.75 Å². The van der Waals surface area contributed by atoms with Gasteiger partial charge in [-0.1, -0.05) is 44.7 Å². The third-order valence-electron chi connectivity index (χ3n) is 3.66. The number of alkyl halides is 3. The molecule has 1 aromatic rings. The molecule has 5 heteroatoms. The predicted molar refractivity (Wildman–Crippen MR) is 73.1 cm³/mol. The molecule has 1 unspecified atom stereocenters. The standard InChI is InChI=1S/C15H20F3NO/c1-2-3-4-5-7-11-10-19-14-12(11)8-6-9-13(14)20-15(16,17)18/h6,8-9,11,19H,2-5,7,10H2,1H3. The molecule has 0 aliphatic carbocycles. The van der Waals surface area contributed by atoms with Gasteiger partial charge in [0.05, 0.1) is 5.69 Å². The van der Waals surface area contributed by atoms with E-state index in [2.05, 4.69) is 17.0 Å². The number of hydrogen-bond acceptors (Lipinski definition) is 2. The van der Waals surface area contributed by atoms with Crippen molar-refractivity contribution in [2.45, 2.75) is 51.3 Å². The lowest BCUT2D eigenvalue weighted by atomic mass is 9.95. The molecule has 1 aromatic carbocycles. The fourth-order valence-corrected chi connectivity index (χ4v) is 2.70. The molecule has 0 bridgehead atoms. The molecule has 1 atom stereocenters. The number of nitrogens with one attached hydrogen (secondary N) is 1. The topological polar surface area (TPSA) is 21.3 Å². The van der Waals surface area contributed by atoms with Gasteiger partial charge in [0.1, 0.15) is 0 Å². The Morgan fingerprint density at radius 2 is 2.05 bits per heavy atom. The smallest absolute Gasteiger partial charge is 0.404 e. The maximum atomic E-state index is 12.3. The molecule has 1 aliphatic heterocycles. The molecule has 20 heavy (non-hydrogen) atoms. The highest BCUT2D eigenvalue weighted by Gasteiger charge is 2.34. The van der Waals surface area contributed by atoms with Gasteiger partial charge in [-0.25, -0.2) is 0 Å². The van der Waals surface area contributed by atoms with Gasteiger partial charge in [0.15, 0.2) is 5.75 Å². The number of hydrogen-bond donors (Lipinski definition) is 1. The molecule has 0 saturated heterocycles. The number of fused-ring (bicyclic) bond motifs is 1. The maximum absolute atomic E-state index is 12.3. The zero-order valence-corrected chi connectivity index (χ0v) is 11.6. The predicted octanol–water partition coefficient (Wildman–Crippen LogP) is 5.06. The third kappa shape index (κ3) is 3.81. The summed E-state index contributed by atoms with van der Waals surface area (Å²) in [7, 11) is 0. The van der Waals surface area contributed by atoms with Crippen molar-refractivity contribution in [1.29, 1.82) is 0 Å². The van der Waals surface area contributed by atoms with E-state index in [1.54, 1.807) is 6.07 Å². The van der Waals surface area contributed by atoms with Gasteiger partial charge >= 0.3 is 6.36 Å². The summed E-state index contributed by atoms with van der Waals surface area (Å²) >= 11 is 0. The van der Waals surface area contributed by atoms with Crippen LogP contribution in [0.1, 0.15) is 50.5 Å². The lowest BCUT2D eigenvalue weighted by Gasteiger charge is -2.13. The van der Waals surface area contributed by atoms with Crippen LogP contribution in [0.3, 0.4) is 0 Å². The van der Waals surface area contributed by atoms with E-state index >= 15 is 0 Å². The van der Waals surface area contributed by atoms with Crippen LogP contribution in [-0.4, -0.2) is 12.9 Å². The van der Waals surface area contributed by atoms with Crippen molar-refractivity contribution in [2.24, 2.45) is 0 Å². The molecule has 2 nitrogen and oxygen atoms in total. The van der Waals surface area contributed by atoms with Crippen LogP contribution in [0.4, 0.5) is 18.9 Å². The minimum Gasteiger partial charge on any atom is -0.404 e. The molecule has 112 valence electrons. The van der Waals surface area contributed by atoms with Crippen LogP contribution >= 0.6 is 0 Å². The highest BCUT2D eigenvalue weighted by atomic mass is 19.4. The summed E-state index contributed by atoms with van der Waals surface area (Å²) in [6.45, 7) is 2.85. The van der Waals surface area contributed by atoms with Crippen molar-refractivity contribution in [3.05, 3.63) is 23.8 Å². The van der Waals surface area contributed by atoms with Crippen LogP contribution in [0, 0.1) is 0 Å². The van der Waals surface area contributed by atoms with Crippen molar-refractivity contribution in [1.82, 2.24) is 0 Å². The molecule has 1 N–H and O–H groups in total. The highest BCUT2D eigenvalue weighted by molar-refractivity contribution is 5.66. The molecular formula is C15H20F3NO. The molecule has 2 rings (SSSR count). The first kappa shape index (κ1) is 15.0. The van der Waals surface area contributed by atoms with Crippen molar-refractivity contribution in [3.63, 3.8) is 0 Å². The maximum Gasteiger partial charge on any atom is 0.573 e. The molecule has 0 saturated carbocycles. The SMILES string of the molecule is CCCCCCC1CNc2c(OC(F)(F)F)cccc21. The molecule has 0 spiro atoms. The fraction of sp³-hybridized carbons (Fsp3) is 0.600. The molecule has 1 heterocycles. The number of rotatable bonds is 6. The number of benzene rings is 1. The lowest BCUT2D eigenvalue weighted by molar-refractivity contribution is -0.274. The second kappa shape index (κ2) is 6.37. The number of para-hydroxylation sites is 1. The summed E-state index contributed by atoms with van der Waals surface area (Å²) in [5.41, 5.74) is 1.45. The zero-order valence-electron chi connectivity index (χ0n) is 11.6. The minimum atomic E-state index is -4.64. The van der Waals surface area contributed by atoms with Gasteiger partial charge < -0.3 is 10.1 Å². The van der Waals surface area contributed by atoms with Gasteiger partial charge in [0.25, 0.3) is 0 Å². The number of anilines is 1. The third-order valence-corrected chi connectivity index (χ3v) is 3.66. The van der Waals surface area contributed by atoms with Crippen LogP contribution in [-0.2, 0) is 0 Å². The number of ether oxygens (including phenoxy) is 1. The normalized spacial score (nSPS) is 17.7. The summed E-state index contributed by atoms with van der Waals surface area (Å²) in [5, 5.41) is 3.06. The van der Waals surface area contributed by atoms with Gasteiger partial charge in [-0.3, -0.25) is 0 Å². The van der Waals surface area contributed by atoms with Gasteiger partial charge in [0, 0.05) is 12.5 Å². The van der Waals surface area contributed by atoms with Gasteiger partial charge in [-0.2, -0.15) is 0 Å². The van der Waals surface area contributed by atoms with E-state index in [0.717, 1.165) is 18.4 Å².